The lowest BCUT2D eigenvalue weighted by molar-refractivity contribution is 0.0746. The highest BCUT2D eigenvalue weighted by Gasteiger charge is 2.24. The second-order valence-electron chi connectivity index (χ2n) is 6.28. The number of piperazine rings is 1. The van der Waals surface area contributed by atoms with Crippen LogP contribution in [0, 0.1) is 6.92 Å². The van der Waals surface area contributed by atoms with Crippen molar-refractivity contribution in [3.63, 3.8) is 0 Å². The van der Waals surface area contributed by atoms with Crippen molar-refractivity contribution in [3.05, 3.63) is 52.5 Å². The van der Waals surface area contributed by atoms with Gasteiger partial charge in [0, 0.05) is 42.5 Å². The predicted molar refractivity (Wildman–Crippen MR) is 96.9 cm³/mol. The first-order valence-corrected chi connectivity index (χ1v) is 8.69. The standard InChI is InChI=1S/C19H19ClN2O3/c1-13-10-15(20)3-4-16(13)21-6-8-22(9-7-21)19(23)14-2-5-17-18(11-14)25-12-24-17/h2-5,10-11H,6-9,12H2,1H3. The van der Waals surface area contributed by atoms with Crippen LogP contribution in [0.1, 0.15) is 15.9 Å². The van der Waals surface area contributed by atoms with E-state index in [2.05, 4.69) is 11.8 Å². The highest BCUT2D eigenvalue weighted by molar-refractivity contribution is 6.30. The van der Waals surface area contributed by atoms with Crippen molar-refractivity contribution >= 4 is 23.2 Å². The number of fused-ring (bicyclic) bond motifs is 1. The number of amides is 1. The molecule has 25 heavy (non-hydrogen) atoms. The van der Waals surface area contributed by atoms with Crippen LogP contribution in [0.4, 0.5) is 5.69 Å². The maximum absolute atomic E-state index is 12.7. The van der Waals surface area contributed by atoms with Gasteiger partial charge in [0.1, 0.15) is 0 Å². The third-order valence-corrected chi connectivity index (χ3v) is 4.92. The number of carbonyl (C=O) groups excluding carboxylic acids is 1. The first-order valence-electron chi connectivity index (χ1n) is 8.32. The average Bonchev–Trinajstić information content (AvgIpc) is 3.09. The van der Waals surface area contributed by atoms with Crippen LogP contribution >= 0.6 is 11.6 Å². The summed E-state index contributed by atoms with van der Waals surface area (Å²) < 4.78 is 10.7. The Hall–Kier alpha value is -2.40. The monoisotopic (exact) mass is 358 g/mol. The summed E-state index contributed by atoms with van der Waals surface area (Å²) in [6.45, 7) is 5.26. The number of hydrogen-bond donors (Lipinski definition) is 0. The molecule has 0 saturated carbocycles. The molecule has 1 amide bonds. The highest BCUT2D eigenvalue weighted by Crippen LogP contribution is 2.33. The van der Waals surface area contributed by atoms with Gasteiger partial charge in [-0.1, -0.05) is 11.6 Å². The molecule has 1 fully saturated rings. The third kappa shape index (κ3) is 3.12. The van der Waals surface area contributed by atoms with Crippen LogP contribution in [0.2, 0.25) is 5.02 Å². The zero-order chi connectivity index (χ0) is 17.4. The van der Waals surface area contributed by atoms with Crippen molar-refractivity contribution in [3.8, 4) is 11.5 Å². The molecule has 6 heteroatoms. The first kappa shape index (κ1) is 16.1. The SMILES string of the molecule is Cc1cc(Cl)ccc1N1CCN(C(=O)c2ccc3c(c2)OCO3)CC1. The molecular weight excluding hydrogens is 340 g/mol. The molecule has 2 heterocycles. The summed E-state index contributed by atoms with van der Waals surface area (Å²) in [5, 5.41) is 0.748. The van der Waals surface area contributed by atoms with Crippen LogP contribution in [0.15, 0.2) is 36.4 Å². The molecule has 2 aromatic rings. The highest BCUT2D eigenvalue weighted by atomic mass is 35.5. The summed E-state index contributed by atoms with van der Waals surface area (Å²) in [6.07, 6.45) is 0. The van der Waals surface area contributed by atoms with Crippen molar-refractivity contribution in [1.29, 1.82) is 0 Å². The molecule has 0 bridgehead atoms. The number of nitrogens with zero attached hydrogens (tertiary/aromatic N) is 2. The van der Waals surface area contributed by atoms with E-state index in [1.807, 2.05) is 23.1 Å². The maximum Gasteiger partial charge on any atom is 0.254 e. The van der Waals surface area contributed by atoms with Crippen molar-refractivity contribution in [2.75, 3.05) is 37.9 Å². The number of benzene rings is 2. The van der Waals surface area contributed by atoms with Gasteiger partial charge < -0.3 is 19.3 Å². The van der Waals surface area contributed by atoms with Crippen LogP contribution in [-0.4, -0.2) is 43.8 Å². The normalized spacial score (nSPS) is 16.2. The number of rotatable bonds is 2. The van der Waals surface area contributed by atoms with Crippen molar-refractivity contribution < 1.29 is 14.3 Å². The van der Waals surface area contributed by atoms with Crippen molar-refractivity contribution in [2.24, 2.45) is 0 Å². The Balaban J connectivity index is 1.44. The van der Waals surface area contributed by atoms with E-state index in [4.69, 9.17) is 21.1 Å². The van der Waals surface area contributed by atoms with E-state index in [-0.39, 0.29) is 12.7 Å². The van der Waals surface area contributed by atoms with Gasteiger partial charge in [0.15, 0.2) is 11.5 Å². The second kappa shape index (κ2) is 6.48. The summed E-state index contributed by atoms with van der Waals surface area (Å²) in [6, 6.07) is 11.3. The minimum Gasteiger partial charge on any atom is -0.454 e. The van der Waals surface area contributed by atoms with Gasteiger partial charge in [0.05, 0.1) is 0 Å². The van der Waals surface area contributed by atoms with Gasteiger partial charge in [0.25, 0.3) is 5.91 Å². The van der Waals surface area contributed by atoms with Crippen LogP contribution in [0.3, 0.4) is 0 Å². The Kier molecular flexibility index (Phi) is 4.17. The van der Waals surface area contributed by atoms with Crippen molar-refractivity contribution in [1.82, 2.24) is 4.90 Å². The number of carbonyl (C=O) groups is 1. The molecule has 0 atom stereocenters. The predicted octanol–water partition coefficient (Wildman–Crippen LogP) is 3.34. The number of ether oxygens (including phenoxy) is 2. The van der Waals surface area contributed by atoms with Crippen LogP contribution in [0.5, 0.6) is 11.5 Å². The summed E-state index contributed by atoms with van der Waals surface area (Å²) in [4.78, 5) is 16.9. The van der Waals surface area contributed by atoms with Crippen LogP contribution in [-0.2, 0) is 0 Å². The maximum atomic E-state index is 12.7. The smallest absolute Gasteiger partial charge is 0.254 e. The molecule has 4 rings (SSSR count). The fourth-order valence-electron chi connectivity index (χ4n) is 3.34. The molecule has 2 aliphatic rings. The Morgan fingerprint density at radius 2 is 1.76 bits per heavy atom. The quantitative estimate of drug-likeness (QED) is 0.825. The van der Waals surface area contributed by atoms with Gasteiger partial charge in [-0.3, -0.25) is 4.79 Å². The Labute approximate surface area is 151 Å². The van der Waals surface area contributed by atoms with E-state index in [0.29, 0.717) is 30.2 Å². The van der Waals surface area contributed by atoms with E-state index in [9.17, 15) is 4.79 Å². The fourth-order valence-corrected chi connectivity index (χ4v) is 3.56. The molecule has 0 N–H and O–H groups in total. The molecule has 5 nitrogen and oxygen atoms in total. The number of anilines is 1. The van der Waals surface area contributed by atoms with Gasteiger partial charge in [-0.05, 0) is 48.9 Å². The van der Waals surface area contributed by atoms with Gasteiger partial charge in [-0.15, -0.1) is 0 Å². The molecule has 0 aromatic heterocycles. The summed E-state index contributed by atoms with van der Waals surface area (Å²) >= 11 is 6.04. The fraction of sp³-hybridized carbons (Fsp3) is 0.316. The summed E-state index contributed by atoms with van der Waals surface area (Å²) in [5.41, 5.74) is 2.97. The lowest BCUT2D eigenvalue weighted by Gasteiger charge is -2.37. The molecule has 2 aliphatic heterocycles. The molecule has 0 aliphatic carbocycles. The lowest BCUT2D eigenvalue weighted by atomic mass is 10.1. The molecule has 0 spiro atoms. The topological polar surface area (TPSA) is 42.0 Å². The van der Waals surface area contributed by atoms with Gasteiger partial charge in [-0.25, -0.2) is 0 Å². The molecule has 0 radical (unpaired) electrons. The third-order valence-electron chi connectivity index (χ3n) is 4.69. The zero-order valence-corrected chi connectivity index (χ0v) is 14.8. The summed E-state index contributed by atoms with van der Waals surface area (Å²) in [5.74, 6) is 1.37. The molecule has 1 saturated heterocycles. The van der Waals surface area contributed by atoms with Crippen LogP contribution < -0.4 is 14.4 Å². The van der Waals surface area contributed by atoms with Crippen molar-refractivity contribution in [2.45, 2.75) is 6.92 Å². The second-order valence-corrected chi connectivity index (χ2v) is 6.71. The Bertz CT molecular complexity index is 816. The lowest BCUT2D eigenvalue weighted by Crippen LogP contribution is -2.49. The van der Waals surface area contributed by atoms with Gasteiger partial charge in [-0.2, -0.15) is 0 Å². The molecule has 2 aromatic carbocycles. The van der Waals surface area contributed by atoms with E-state index >= 15 is 0 Å². The largest absolute Gasteiger partial charge is 0.454 e. The average molecular weight is 359 g/mol. The molecule has 0 unspecified atom stereocenters. The molecule has 130 valence electrons. The van der Waals surface area contributed by atoms with Gasteiger partial charge in [0.2, 0.25) is 6.79 Å². The Morgan fingerprint density at radius 3 is 2.52 bits per heavy atom. The summed E-state index contributed by atoms with van der Waals surface area (Å²) in [7, 11) is 0. The minimum atomic E-state index is 0.0331. The Morgan fingerprint density at radius 1 is 1.00 bits per heavy atom. The van der Waals surface area contributed by atoms with E-state index < -0.39 is 0 Å². The number of aryl methyl sites for hydroxylation is 1. The number of halogens is 1. The zero-order valence-electron chi connectivity index (χ0n) is 14.0. The number of hydrogen-bond acceptors (Lipinski definition) is 4. The van der Waals surface area contributed by atoms with Gasteiger partial charge >= 0.3 is 0 Å². The van der Waals surface area contributed by atoms with E-state index in [0.717, 1.165) is 23.7 Å². The van der Waals surface area contributed by atoms with E-state index in [1.165, 1.54) is 5.69 Å². The minimum absolute atomic E-state index is 0.0331. The van der Waals surface area contributed by atoms with E-state index in [1.54, 1.807) is 18.2 Å². The molecular formula is C19H19ClN2O3. The van der Waals surface area contributed by atoms with Crippen LogP contribution in [0.25, 0.3) is 0 Å². The first-order chi connectivity index (χ1) is 12.1.